The third-order valence-corrected chi connectivity index (χ3v) is 12.7. The molecule has 1 nitrogen and oxygen atoms in total. The number of rotatable bonds is 1. The molecule has 0 radical (unpaired) electrons. The first-order chi connectivity index (χ1) is 4.69. The van der Waals surface area contributed by atoms with E-state index in [-0.39, 0.29) is 2.92 Å². The molecule has 1 aliphatic carbocycles. The number of halogens is 1. The standard InChI is InChI=1S/C7H11O.ClH.Hg/c1-6-4-2-3-5-7(6)8;;/h2-5H2,1H3;1H;/q;;+1/p-1. The van der Waals surface area contributed by atoms with Crippen LogP contribution in [0, 0.1) is 0 Å². The zero-order valence-corrected chi connectivity index (χ0v) is 12.6. The number of hydrogen-bond acceptors (Lipinski definition) is 1. The molecule has 0 spiro atoms. The zero-order chi connectivity index (χ0) is 7.61. The Bertz CT molecular complexity index is 149. The van der Waals surface area contributed by atoms with Crippen LogP contribution in [-0.2, 0) is 28.1 Å². The van der Waals surface area contributed by atoms with Crippen molar-refractivity contribution >= 4 is 14.0 Å². The van der Waals surface area contributed by atoms with Crippen molar-refractivity contribution in [3.05, 3.63) is 0 Å². The van der Waals surface area contributed by atoms with Gasteiger partial charge in [0.1, 0.15) is 0 Å². The van der Waals surface area contributed by atoms with E-state index >= 15 is 0 Å². The van der Waals surface area contributed by atoms with E-state index < -0.39 is 23.3 Å². The van der Waals surface area contributed by atoms with Gasteiger partial charge in [0, 0.05) is 0 Å². The molecule has 0 aromatic carbocycles. The normalized spacial score (nSPS) is 33.6. The Labute approximate surface area is 77.4 Å². The van der Waals surface area contributed by atoms with E-state index in [2.05, 4.69) is 6.92 Å². The van der Waals surface area contributed by atoms with Gasteiger partial charge in [-0.05, 0) is 0 Å². The molecule has 0 aromatic heterocycles. The minimum atomic E-state index is -1.34. The number of hydrogen-bond donors (Lipinski definition) is 0. The number of carbonyl (C=O) groups is 1. The summed E-state index contributed by atoms with van der Waals surface area (Å²) in [6.07, 6.45) is 4.19. The Morgan fingerprint density at radius 1 is 1.60 bits per heavy atom. The molecule has 1 atom stereocenters. The van der Waals surface area contributed by atoms with E-state index in [1.54, 1.807) is 0 Å². The fourth-order valence-corrected chi connectivity index (χ4v) is 6.62. The van der Waals surface area contributed by atoms with Gasteiger partial charge < -0.3 is 0 Å². The molecular weight excluding hydrogens is 336 g/mol. The summed E-state index contributed by atoms with van der Waals surface area (Å²) in [5.41, 5.74) is 0. The summed E-state index contributed by atoms with van der Waals surface area (Å²) in [5, 5.41) is 0. The fourth-order valence-electron chi connectivity index (χ4n) is 1.38. The van der Waals surface area contributed by atoms with Crippen LogP contribution in [0.5, 0.6) is 0 Å². The molecule has 0 heterocycles. The second-order valence-electron chi connectivity index (χ2n) is 3.32. The Hall–Kier alpha value is 0.895. The minimum absolute atomic E-state index is 0.0276. The van der Waals surface area contributed by atoms with Crippen LogP contribution in [0.25, 0.3) is 0 Å². The van der Waals surface area contributed by atoms with Crippen molar-refractivity contribution in [2.24, 2.45) is 0 Å². The van der Waals surface area contributed by atoms with Crippen molar-refractivity contribution in [2.45, 2.75) is 35.5 Å². The summed E-state index contributed by atoms with van der Waals surface area (Å²) in [5.74, 6) is 0.454. The summed E-state index contributed by atoms with van der Waals surface area (Å²) in [4.78, 5) is 11.3. The van der Waals surface area contributed by atoms with Crippen LogP contribution < -0.4 is 0 Å². The third-order valence-electron chi connectivity index (χ3n) is 2.35. The molecule has 1 aliphatic rings. The Kier molecular flexibility index (Phi) is 3.17. The average molecular weight is 347 g/mol. The Balaban J connectivity index is 2.63. The summed E-state index contributed by atoms with van der Waals surface area (Å²) >= 11 is -1.34. The van der Waals surface area contributed by atoms with Crippen molar-refractivity contribution in [1.82, 2.24) is 0 Å². The first-order valence-electron chi connectivity index (χ1n) is 3.78. The summed E-state index contributed by atoms with van der Waals surface area (Å²) < 4.78 is 0.0276. The maximum absolute atomic E-state index is 11.3. The van der Waals surface area contributed by atoms with Gasteiger partial charge in [0.15, 0.2) is 0 Å². The van der Waals surface area contributed by atoms with Crippen molar-refractivity contribution < 1.29 is 28.1 Å². The fraction of sp³-hybridized carbons (Fsp3) is 0.857. The molecule has 0 saturated heterocycles. The monoisotopic (exact) mass is 348 g/mol. The van der Waals surface area contributed by atoms with Gasteiger partial charge in [-0.3, -0.25) is 0 Å². The summed E-state index contributed by atoms with van der Waals surface area (Å²) in [6.45, 7) is 2.07. The van der Waals surface area contributed by atoms with Crippen molar-refractivity contribution in [2.75, 3.05) is 0 Å². The van der Waals surface area contributed by atoms with Gasteiger partial charge in [-0.2, -0.15) is 0 Å². The first kappa shape index (κ1) is 8.99. The van der Waals surface area contributed by atoms with Gasteiger partial charge in [0.2, 0.25) is 0 Å². The zero-order valence-electron chi connectivity index (χ0n) is 6.32. The van der Waals surface area contributed by atoms with Crippen LogP contribution in [0.2, 0.25) is 2.92 Å². The molecule has 1 fully saturated rings. The number of carbonyl (C=O) groups excluding carboxylic acids is 1. The van der Waals surface area contributed by atoms with Crippen LogP contribution in [0.1, 0.15) is 32.6 Å². The van der Waals surface area contributed by atoms with Gasteiger partial charge in [-0.15, -0.1) is 0 Å². The number of Topliss-reactive ketones (excluding diaryl/α,β-unsaturated/α-hetero) is 1. The van der Waals surface area contributed by atoms with E-state index in [1.165, 1.54) is 6.42 Å². The van der Waals surface area contributed by atoms with E-state index in [4.69, 9.17) is 8.25 Å². The predicted molar refractivity (Wildman–Crippen MR) is 37.7 cm³/mol. The van der Waals surface area contributed by atoms with Crippen molar-refractivity contribution in [3.8, 4) is 0 Å². The van der Waals surface area contributed by atoms with E-state index in [0.29, 0.717) is 5.78 Å². The quantitative estimate of drug-likeness (QED) is 0.667. The van der Waals surface area contributed by atoms with E-state index in [0.717, 1.165) is 19.3 Å². The molecule has 1 saturated carbocycles. The molecule has 1 unspecified atom stereocenters. The Morgan fingerprint density at radius 2 is 2.30 bits per heavy atom. The van der Waals surface area contributed by atoms with Crippen LogP contribution in [-0.4, -0.2) is 5.78 Å². The maximum atomic E-state index is 11.3. The Morgan fingerprint density at radius 3 is 2.70 bits per heavy atom. The summed E-state index contributed by atoms with van der Waals surface area (Å²) in [7, 11) is 5.92. The molecule has 0 bridgehead atoms. The SMILES string of the molecule is C[C]1([Hg][Cl])CCCCC1=O. The molecule has 1 rings (SSSR count). The predicted octanol–water partition coefficient (Wildman–Crippen LogP) is 2.54. The molecule has 10 heavy (non-hydrogen) atoms. The van der Waals surface area contributed by atoms with Crippen molar-refractivity contribution in [1.29, 1.82) is 0 Å². The molecule has 3 heteroatoms. The van der Waals surface area contributed by atoms with Crippen LogP contribution in [0.4, 0.5) is 0 Å². The van der Waals surface area contributed by atoms with E-state index in [9.17, 15) is 4.79 Å². The van der Waals surface area contributed by atoms with Gasteiger partial charge >= 0.3 is 77.7 Å². The first-order valence-corrected chi connectivity index (χ1v) is 13.3. The number of ketones is 1. The van der Waals surface area contributed by atoms with Crippen LogP contribution in [0.3, 0.4) is 0 Å². The van der Waals surface area contributed by atoms with Gasteiger partial charge in [0.25, 0.3) is 0 Å². The van der Waals surface area contributed by atoms with E-state index in [1.807, 2.05) is 0 Å². The average Bonchev–Trinajstić information content (AvgIpc) is 1.96. The molecule has 0 amide bonds. The van der Waals surface area contributed by atoms with Crippen molar-refractivity contribution in [3.63, 3.8) is 0 Å². The third kappa shape index (κ3) is 1.73. The molecule has 54 valence electrons. The molecule has 0 aromatic rings. The van der Waals surface area contributed by atoms with Gasteiger partial charge in [-0.25, -0.2) is 0 Å². The van der Waals surface area contributed by atoms with Crippen LogP contribution >= 0.6 is 8.25 Å². The molecular formula is C7H11ClHgO. The summed E-state index contributed by atoms with van der Waals surface area (Å²) in [6, 6.07) is 0. The molecule has 0 N–H and O–H groups in total. The van der Waals surface area contributed by atoms with Crippen LogP contribution in [0.15, 0.2) is 0 Å². The topological polar surface area (TPSA) is 17.1 Å². The van der Waals surface area contributed by atoms with Gasteiger partial charge in [0.05, 0.1) is 0 Å². The second kappa shape index (κ2) is 3.53. The molecule has 0 aliphatic heterocycles. The van der Waals surface area contributed by atoms with Gasteiger partial charge in [-0.1, -0.05) is 0 Å². The second-order valence-corrected chi connectivity index (χ2v) is 12.8.